The molecule has 1 N–H and O–H groups in total. The van der Waals surface area contributed by atoms with E-state index in [0.717, 1.165) is 5.75 Å². The Morgan fingerprint density at radius 2 is 2.27 bits per heavy atom. The van der Waals surface area contributed by atoms with E-state index in [2.05, 4.69) is 5.32 Å². The second-order valence-corrected chi connectivity index (χ2v) is 3.41. The summed E-state index contributed by atoms with van der Waals surface area (Å²) >= 11 is 1.35. The Hall–Kier alpha value is -0.220. The molecule has 0 radical (unpaired) electrons. The van der Waals surface area contributed by atoms with E-state index in [1.165, 1.54) is 12.0 Å². The van der Waals surface area contributed by atoms with Crippen molar-refractivity contribution < 1.29 is 8.98 Å². The number of nitrogens with one attached hydrogen (secondary N) is 1. The summed E-state index contributed by atoms with van der Waals surface area (Å²) in [5, 5.41) is 2.78. The van der Waals surface area contributed by atoms with Crippen LogP contribution >= 0.6 is 12.0 Å². The van der Waals surface area contributed by atoms with Crippen LogP contribution in [0.3, 0.4) is 0 Å². The van der Waals surface area contributed by atoms with Crippen LogP contribution in [0.4, 0.5) is 0 Å². The third kappa shape index (κ3) is 6.19. The lowest BCUT2D eigenvalue weighted by Crippen LogP contribution is -2.29. The van der Waals surface area contributed by atoms with Crippen molar-refractivity contribution in [1.82, 2.24) is 5.32 Å². The van der Waals surface area contributed by atoms with Crippen molar-refractivity contribution in [3.8, 4) is 0 Å². The fraction of sp³-hybridized carbons (Fsp3) is 0.857. The maximum absolute atomic E-state index is 10.9. The van der Waals surface area contributed by atoms with Gasteiger partial charge in [0.25, 0.3) is 0 Å². The maximum Gasteiger partial charge on any atom is 0.222 e. The van der Waals surface area contributed by atoms with Crippen LogP contribution in [0, 0.1) is 5.92 Å². The molecule has 0 aliphatic heterocycles. The van der Waals surface area contributed by atoms with Crippen LogP contribution in [0.1, 0.15) is 13.8 Å². The van der Waals surface area contributed by atoms with Gasteiger partial charge in [-0.25, -0.2) is 0 Å². The van der Waals surface area contributed by atoms with Gasteiger partial charge in [-0.05, 0) is 12.0 Å². The fourth-order valence-electron chi connectivity index (χ4n) is 0.503. The molecule has 0 spiro atoms. The van der Waals surface area contributed by atoms with Gasteiger partial charge in [-0.3, -0.25) is 4.79 Å². The van der Waals surface area contributed by atoms with Crippen molar-refractivity contribution in [3.05, 3.63) is 0 Å². The second-order valence-electron chi connectivity index (χ2n) is 2.43. The van der Waals surface area contributed by atoms with Crippen LogP contribution in [-0.2, 0) is 8.98 Å². The van der Waals surface area contributed by atoms with Gasteiger partial charge in [0.2, 0.25) is 5.91 Å². The van der Waals surface area contributed by atoms with E-state index in [-0.39, 0.29) is 11.8 Å². The van der Waals surface area contributed by atoms with Crippen LogP contribution in [0.5, 0.6) is 0 Å². The molecule has 0 saturated carbocycles. The molecule has 1 amide bonds. The van der Waals surface area contributed by atoms with E-state index >= 15 is 0 Å². The molecule has 0 rings (SSSR count). The van der Waals surface area contributed by atoms with E-state index in [0.29, 0.717) is 6.54 Å². The molecule has 0 aromatic rings. The van der Waals surface area contributed by atoms with E-state index in [1.54, 1.807) is 7.11 Å². The summed E-state index contributed by atoms with van der Waals surface area (Å²) in [6, 6.07) is 0. The SMILES string of the molecule is COSCCNC(=O)C(C)C. The van der Waals surface area contributed by atoms with Crippen LogP contribution in [0.25, 0.3) is 0 Å². The van der Waals surface area contributed by atoms with E-state index in [1.807, 2.05) is 13.8 Å². The standard InChI is InChI=1S/C7H15NO2S/c1-6(2)7(9)8-4-5-11-10-3/h6H,4-5H2,1-3H3,(H,8,9). The topological polar surface area (TPSA) is 38.3 Å². The summed E-state index contributed by atoms with van der Waals surface area (Å²) in [5.74, 6) is 0.971. The summed E-state index contributed by atoms with van der Waals surface area (Å²) in [5.41, 5.74) is 0. The molecular weight excluding hydrogens is 162 g/mol. The van der Waals surface area contributed by atoms with Gasteiger partial charge in [-0.2, -0.15) is 0 Å². The third-order valence-electron chi connectivity index (χ3n) is 1.13. The Labute approximate surface area is 72.1 Å². The molecule has 0 aliphatic rings. The minimum Gasteiger partial charge on any atom is -0.355 e. The quantitative estimate of drug-likeness (QED) is 0.504. The Morgan fingerprint density at radius 3 is 2.73 bits per heavy atom. The van der Waals surface area contributed by atoms with Gasteiger partial charge in [0.05, 0.1) is 7.11 Å². The Kier molecular flexibility index (Phi) is 6.36. The fourth-order valence-corrected chi connectivity index (χ4v) is 0.855. The number of hydrogen-bond donors (Lipinski definition) is 1. The highest BCUT2D eigenvalue weighted by Gasteiger charge is 2.04. The predicted octanol–water partition coefficient (Wildman–Crippen LogP) is 1.05. The Balaban J connectivity index is 3.18. The predicted molar refractivity (Wildman–Crippen MR) is 47.3 cm³/mol. The summed E-state index contributed by atoms with van der Waals surface area (Å²) < 4.78 is 4.75. The zero-order chi connectivity index (χ0) is 8.69. The van der Waals surface area contributed by atoms with Crippen LogP contribution in [0.15, 0.2) is 0 Å². The average Bonchev–Trinajstić information content (AvgIpc) is 1.97. The monoisotopic (exact) mass is 177 g/mol. The van der Waals surface area contributed by atoms with Crippen molar-refractivity contribution in [2.24, 2.45) is 5.92 Å². The van der Waals surface area contributed by atoms with Crippen molar-refractivity contribution in [3.63, 3.8) is 0 Å². The lowest BCUT2D eigenvalue weighted by Gasteiger charge is -2.05. The third-order valence-corrected chi connectivity index (χ3v) is 1.73. The van der Waals surface area contributed by atoms with E-state index in [4.69, 9.17) is 4.18 Å². The van der Waals surface area contributed by atoms with Gasteiger partial charge in [0.15, 0.2) is 0 Å². The minimum atomic E-state index is 0.0718. The molecule has 0 aliphatic carbocycles. The zero-order valence-electron chi connectivity index (χ0n) is 7.22. The van der Waals surface area contributed by atoms with E-state index in [9.17, 15) is 4.79 Å². The molecule has 3 nitrogen and oxygen atoms in total. The number of carbonyl (C=O) groups is 1. The molecule has 11 heavy (non-hydrogen) atoms. The summed E-state index contributed by atoms with van der Waals surface area (Å²) in [7, 11) is 1.62. The van der Waals surface area contributed by atoms with Gasteiger partial charge in [-0.15, -0.1) is 0 Å². The number of hydrogen-bond acceptors (Lipinski definition) is 3. The molecule has 0 saturated heterocycles. The Bertz CT molecular complexity index is 117. The van der Waals surface area contributed by atoms with Crippen molar-refractivity contribution >= 4 is 17.9 Å². The van der Waals surface area contributed by atoms with Gasteiger partial charge >= 0.3 is 0 Å². The lowest BCUT2D eigenvalue weighted by molar-refractivity contribution is -0.123. The minimum absolute atomic E-state index is 0.0718. The van der Waals surface area contributed by atoms with Gasteiger partial charge in [0, 0.05) is 18.2 Å². The summed E-state index contributed by atoms with van der Waals surface area (Å²) in [6.45, 7) is 4.42. The molecule has 0 heterocycles. The lowest BCUT2D eigenvalue weighted by atomic mass is 10.2. The molecule has 0 bridgehead atoms. The number of rotatable bonds is 5. The first-order valence-corrected chi connectivity index (χ1v) is 4.53. The van der Waals surface area contributed by atoms with Crippen LogP contribution < -0.4 is 5.32 Å². The molecule has 4 heteroatoms. The zero-order valence-corrected chi connectivity index (χ0v) is 8.03. The number of carbonyl (C=O) groups excluding carboxylic acids is 1. The molecule has 0 aromatic heterocycles. The second kappa shape index (κ2) is 6.49. The highest BCUT2D eigenvalue weighted by atomic mass is 32.2. The first-order valence-electron chi connectivity index (χ1n) is 3.61. The first kappa shape index (κ1) is 10.8. The average molecular weight is 177 g/mol. The Morgan fingerprint density at radius 1 is 1.64 bits per heavy atom. The summed E-state index contributed by atoms with van der Waals surface area (Å²) in [6.07, 6.45) is 0. The van der Waals surface area contributed by atoms with Crippen molar-refractivity contribution in [2.45, 2.75) is 13.8 Å². The van der Waals surface area contributed by atoms with Crippen LogP contribution in [0.2, 0.25) is 0 Å². The highest BCUT2D eigenvalue weighted by molar-refractivity contribution is 7.94. The smallest absolute Gasteiger partial charge is 0.222 e. The molecule has 0 atom stereocenters. The molecule has 0 unspecified atom stereocenters. The van der Waals surface area contributed by atoms with Gasteiger partial charge < -0.3 is 9.50 Å². The molecule has 0 aromatic carbocycles. The van der Waals surface area contributed by atoms with Gasteiger partial charge in [-0.1, -0.05) is 13.8 Å². The van der Waals surface area contributed by atoms with Crippen LogP contribution in [-0.4, -0.2) is 25.3 Å². The maximum atomic E-state index is 10.9. The molecular formula is C7H15NO2S. The normalized spacial score (nSPS) is 10.2. The largest absolute Gasteiger partial charge is 0.355 e. The van der Waals surface area contributed by atoms with Crippen molar-refractivity contribution in [1.29, 1.82) is 0 Å². The van der Waals surface area contributed by atoms with Gasteiger partial charge in [0.1, 0.15) is 0 Å². The summed E-state index contributed by atoms with van der Waals surface area (Å²) in [4.78, 5) is 10.9. The van der Waals surface area contributed by atoms with Crippen molar-refractivity contribution in [2.75, 3.05) is 19.4 Å². The number of amides is 1. The molecule has 66 valence electrons. The first-order chi connectivity index (χ1) is 5.18. The van der Waals surface area contributed by atoms with E-state index < -0.39 is 0 Å². The highest BCUT2D eigenvalue weighted by Crippen LogP contribution is 1.96. The molecule has 0 fully saturated rings.